The predicted octanol–water partition coefficient (Wildman–Crippen LogP) is 2.11. The Balaban J connectivity index is 1.56. The molecule has 0 radical (unpaired) electrons. The maximum atomic E-state index is 5.14. The summed E-state index contributed by atoms with van der Waals surface area (Å²) >= 11 is 0. The molecular formula is C15H21N3O. The van der Waals surface area contributed by atoms with Crippen LogP contribution in [-0.4, -0.2) is 30.0 Å². The second-order valence-corrected chi connectivity index (χ2v) is 4.47. The zero-order valence-electron chi connectivity index (χ0n) is 11.4. The number of rotatable bonds is 8. The number of aryl methyl sites for hydroxylation is 1. The Bertz CT molecular complexity index is 451. The average Bonchev–Trinajstić information content (AvgIpc) is 2.96. The summed E-state index contributed by atoms with van der Waals surface area (Å²) in [6.07, 6.45) is 5.96. The monoisotopic (exact) mass is 259 g/mol. The third-order valence-electron chi connectivity index (χ3n) is 3.05. The summed E-state index contributed by atoms with van der Waals surface area (Å²) in [6, 6.07) is 10.2. The molecule has 19 heavy (non-hydrogen) atoms. The van der Waals surface area contributed by atoms with Gasteiger partial charge in [0.25, 0.3) is 0 Å². The summed E-state index contributed by atoms with van der Waals surface area (Å²) in [5.74, 6) is 0.913. The normalized spacial score (nSPS) is 10.6. The fourth-order valence-corrected chi connectivity index (χ4v) is 1.95. The van der Waals surface area contributed by atoms with Crippen molar-refractivity contribution in [3.05, 3.63) is 48.3 Å². The van der Waals surface area contributed by atoms with Crippen LogP contribution in [0, 0.1) is 0 Å². The van der Waals surface area contributed by atoms with Crippen LogP contribution in [0.15, 0.2) is 42.7 Å². The molecule has 2 rings (SSSR count). The lowest BCUT2D eigenvalue weighted by atomic mass is 10.1. The molecule has 0 aliphatic rings. The van der Waals surface area contributed by atoms with E-state index in [0.29, 0.717) is 0 Å². The molecule has 0 bridgehead atoms. The highest BCUT2D eigenvalue weighted by Gasteiger charge is 1.95. The number of hydrogen-bond acceptors (Lipinski definition) is 3. The van der Waals surface area contributed by atoms with Crippen molar-refractivity contribution in [1.82, 2.24) is 15.1 Å². The van der Waals surface area contributed by atoms with E-state index in [1.165, 1.54) is 5.56 Å². The van der Waals surface area contributed by atoms with Crippen LogP contribution in [0.2, 0.25) is 0 Å². The molecular weight excluding hydrogens is 238 g/mol. The molecule has 0 fully saturated rings. The first-order chi connectivity index (χ1) is 9.38. The molecule has 2 aromatic rings. The van der Waals surface area contributed by atoms with E-state index < -0.39 is 0 Å². The maximum absolute atomic E-state index is 5.14. The third kappa shape index (κ3) is 4.75. The lowest BCUT2D eigenvalue weighted by molar-refractivity contribution is 0.414. The van der Waals surface area contributed by atoms with Gasteiger partial charge in [0.05, 0.1) is 7.11 Å². The van der Waals surface area contributed by atoms with Crippen molar-refractivity contribution < 1.29 is 4.74 Å². The van der Waals surface area contributed by atoms with Gasteiger partial charge in [-0.1, -0.05) is 12.1 Å². The molecule has 4 heteroatoms. The van der Waals surface area contributed by atoms with Gasteiger partial charge in [-0.25, -0.2) is 0 Å². The van der Waals surface area contributed by atoms with Crippen LogP contribution < -0.4 is 10.1 Å². The van der Waals surface area contributed by atoms with Gasteiger partial charge in [-0.05, 0) is 49.7 Å². The minimum Gasteiger partial charge on any atom is -0.497 e. The molecule has 0 unspecified atom stereocenters. The number of aromatic nitrogens is 2. The Hall–Kier alpha value is -1.81. The van der Waals surface area contributed by atoms with Crippen molar-refractivity contribution in [2.75, 3.05) is 20.2 Å². The smallest absolute Gasteiger partial charge is 0.118 e. The first-order valence-corrected chi connectivity index (χ1v) is 6.69. The summed E-state index contributed by atoms with van der Waals surface area (Å²) in [7, 11) is 1.69. The minimum atomic E-state index is 0.913. The first kappa shape index (κ1) is 13.6. The predicted molar refractivity (Wildman–Crippen MR) is 76.4 cm³/mol. The van der Waals surface area contributed by atoms with E-state index in [1.54, 1.807) is 7.11 Å². The second-order valence-electron chi connectivity index (χ2n) is 4.47. The fraction of sp³-hybridized carbons (Fsp3) is 0.400. The lowest BCUT2D eigenvalue weighted by Crippen LogP contribution is -2.19. The minimum absolute atomic E-state index is 0.913. The number of methoxy groups -OCH3 is 1. The van der Waals surface area contributed by atoms with Gasteiger partial charge in [-0.3, -0.25) is 4.68 Å². The van der Waals surface area contributed by atoms with Crippen LogP contribution in [0.5, 0.6) is 5.75 Å². The molecule has 102 valence electrons. The van der Waals surface area contributed by atoms with Crippen molar-refractivity contribution >= 4 is 0 Å². The van der Waals surface area contributed by atoms with Gasteiger partial charge < -0.3 is 10.1 Å². The van der Waals surface area contributed by atoms with Crippen LogP contribution >= 0.6 is 0 Å². The van der Waals surface area contributed by atoms with Crippen molar-refractivity contribution in [2.45, 2.75) is 19.4 Å². The van der Waals surface area contributed by atoms with E-state index in [2.05, 4.69) is 22.5 Å². The molecule has 1 aromatic carbocycles. The summed E-state index contributed by atoms with van der Waals surface area (Å²) in [5, 5.41) is 7.63. The molecule has 0 amide bonds. The standard InChI is InChI=1S/C15H21N3O/c1-19-15-6-4-14(5-7-15)8-11-16-9-2-12-18-13-3-10-17-18/h3-7,10,13,16H,2,8-9,11-12H2,1H3. The summed E-state index contributed by atoms with van der Waals surface area (Å²) < 4.78 is 7.10. The number of nitrogens with zero attached hydrogens (tertiary/aromatic N) is 2. The van der Waals surface area contributed by atoms with Crippen molar-refractivity contribution in [3.63, 3.8) is 0 Å². The average molecular weight is 259 g/mol. The van der Waals surface area contributed by atoms with Gasteiger partial charge in [0.2, 0.25) is 0 Å². The third-order valence-corrected chi connectivity index (χ3v) is 3.05. The van der Waals surface area contributed by atoms with E-state index >= 15 is 0 Å². The number of hydrogen-bond donors (Lipinski definition) is 1. The second kappa shape index (κ2) is 7.59. The zero-order valence-corrected chi connectivity index (χ0v) is 11.4. The quantitative estimate of drug-likeness (QED) is 0.738. The van der Waals surface area contributed by atoms with Gasteiger partial charge in [0.1, 0.15) is 5.75 Å². The van der Waals surface area contributed by atoms with E-state index in [-0.39, 0.29) is 0 Å². The Morgan fingerprint density at radius 1 is 1.21 bits per heavy atom. The Kier molecular flexibility index (Phi) is 5.44. The van der Waals surface area contributed by atoms with E-state index in [1.807, 2.05) is 35.3 Å². The zero-order chi connectivity index (χ0) is 13.3. The Labute approximate surface area is 114 Å². The molecule has 0 spiro atoms. The molecule has 0 saturated carbocycles. The first-order valence-electron chi connectivity index (χ1n) is 6.69. The highest BCUT2D eigenvalue weighted by atomic mass is 16.5. The Morgan fingerprint density at radius 3 is 2.74 bits per heavy atom. The van der Waals surface area contributed by atoms with Gasteiger partial charge >= 0.3 is 0 Å². The van der Waals surface area contributed by atoms with Crippen LogP contribution in [-0.2, 0) is 13.0 Å². The van der Waals surface area contributed by atoms with Gasteiger partial charge in [-0.15, -0.1) is 0 Å². The van der Waals surface area contributed by atoms with E-state index in [9.17, 15) is 0 Å². The highest BCUT2D eigenvalue weighted by Crippen LogP contribution is 2.11. The van der Waals surface area contributed by atoms with Crippen molar-refractivity contribution in [2.24, 2.45) is 0 Å². The SMILES string of the molecule is COc1ccc(CCNCCCn2cccn2)cc1. The van der Waals surface area contributed by atoms with Gasteiger partial charge in [0, 0.05) is 18.9 Å². The molecule has 1 N–H and O–H groups in total. The number of nitrogens with one attached hydrogen (secondary N) is 1. The highest BCUT2D eigenvalue weighted by molar-refractivity contribution is 5.27. The van der Waals surface area contributed by atoms with E-state index in [0.717, 1.165) is 38.2 Å². The lowest BCUT2D eigenvalue weighted by Gasteiger charge is -2.06. The molecule has 1 heterocycles. The van der Waals surface area contributed by atoms with Crippen molar-refractivity contribution in [3.8, 4) is 5.75 Å². The summed E-state index contributed by atoms with van der Waals surface area (Å²) in [4.78, 5) is 0. The van der Waals surface area contributed by atoms with Crippen LogP contribution in [0.4, 0.5) is 0 Å². The molecule has 0 atom stereocenters. The van der Waals surface area contributed by atoms with Gasteiger partial charge in [-0.2, -0.15) is 5.10 Å². The fourth-order valence-electron chi connectivity index (χ4n) is 1.95. The molecule has 0 aliphatic heterocycles. The molecule has 1 aromatic heterocycles. The summed E-state index contributed by atoms with van der Waals surface area (Å²) in [6.45, 7) is 3.00. The van der Waals surface area contributed by atoms with Crippen LogP contribution in [0.25, 0.3) is 0 Å². The van der Waals surface area contributed by atoms with E-state index in [4.69, 9.17) is 4.74 Å². The Morgan fingerprint density at radius 2 is 2.05 bits per heavy atom. The molecule has 0 aliphatic carbocycles. The topological polar surface area (TPSA) is 39.1 Å². The number of ether oxygens (including phenoxy) is 1. The van der Waals surface area contributed by atoms with Crippen molar-refractivity contribution in [1.29, 1.82) is 0 Å². The largest absolute Gasteiger partial charge is 0.497 e. The van der Waals surface area contributed by atoms with Crippen LogP contribution in [0.3, 0.4) is 0 Å². The number of benzene rings is 1. The van der Waals surface area contributed by atoms with Crippen LogP contribution in [0.1, 0.15) is 12.0 Å². The summed E-state index contributed by atoms with van der Waals surface area (Å²) in [5.41, 5.74) is 1.33. The maximum Gasteiger partial charge on any atom is 0.118 e. The molecule has 0 saturated heterocycles. The molecule has 4 nitrogen and oxygen atoms in total. The van der Waals surface area contributed by atoms with Gasteiger partial charge in [0.15, 0.2) is 0 Å².